The Morgan fingerprint density at radius 3 is 2.54 bits per heavy atom. The third-order valence-corrected chi connectivity index (χ3v) is 4.53. The fourth-order valence-corrected chi connectivity index (χ4v) is 2.99. The number of hydrogen-bond acceptors (Lipinski definition) is 3. The molecule has 28 heavy (non-hydrogen) atoms. The highest BCUT2D eigenvalue weighted by Gasteiger charge is 2.37. The molecular formula is C20H19F3N2O3. The van der Waals surface area contributed by atoms with Gasteiger partial charge in [0, 0.05) is 12.7 Å². The molecular weight excluding hydrogens is 373 g/mol. The van der Waals surface area contributed by atoms with Gasteiger partial charge in [0.05, 0.1) is 22.2 Å². The summed E-state index contributed by atoms with van der Waals surface area (Å²) in [4.78, 5) is 26.4. The zero-order valence-electron chi connectivity index (χ0n) is 15.6. The van der Waals surface area contributed by atoms with Crippen LogP contribution in [0.4, 0.5) is 24.5 Å². The number of nitrogens with one attached hydrogen (secondary N) is 1. The van der Waals surface area contributed by atoms with Crippen LogP contribution in [0.3, 0.4) is 0 Å². The number of nitrogens with zero attached hydrogens (tertiary/aromatic N) is 1. The molecule has 1 aliphatic heterocycles. The maximum Gasteiger partial charge on any atom is 0.417 e. The highest BCUT2D eigenvalue weighted by atomic mass is 19.4. The highest BCUT2D eigenvalue weighted by molar-refractivity contribution is 6.06. The van der Waals surface area contributed by atoms with Gasteiger partial charge in [0.1, 0.15) is 12.4 Å². The minimum Gasteiger partial charge on any atom is -0.490 e. The van der Waals surface area contributed by atoms with E-state index >= 15 is 0 Å². The summed E-state index contributed by atoms with van der Waals surface area (Å²) < 4.78 is 45.1. The lowest BCUT2D eigenvalue weighted by molar-refractivity contribution is -0.137. The molecule has 0 spiro atoms. The number of alkyl halides is 3. The lowest BCUT2D eigenvalue weighted by Crippen LogP contribution is -2.39. The van der Waals surface area contributed by atoms with Crippen molar-refractivity contribution in [3.8, 4) is 5.75 Å². The average molecular weight is 392 g/mol. The Kier molecular flexibility index (Phi) is 4.82. The van der Waals surface area contributed by atoms with Crippen molar-refractivity contribution in [3.63, 3.8) is 0 Å². The summed E-state index contributed by atoms with van der Waals surface area (Å²) in [5.74, 6) is -0.607. The molecule has 0 saturated heterocycles. The van der Waals surface area contributed by atoms with Crippen LogP contribution in [-0.2, 0) is 11.0 Å². The zero-order valence-corrected chi connectivity index (χ0v) is 15.6. The van der Waals surface area contributed by atoms with Crippen LogP contribution < -0.4 is 15.0 Å². The van der Waals surface area contributed by atoms with Crippen molar-refractivity contribution in [1.29, 1.82) is 0 Å². The molecule has 0 aliphatic carbocycles. The predicted octanol–water partition coefficient (Wildman–Crippen LogP) is 4.34. The normalized spacial score (nSPS) is 16.1. The number of fused-ring (bicyclic) bond motifs is 1. The molecule has 2 aromatic rings. The molecule has 2 amide bonds. The number of benzene rings is 2. The van der Waals surface area contributed by atoms with Gasteiger partial charge in [-0.2, -0.15) is 13.2 Å². The van der Waals surface area contributed by atoms with Crippen molar-refractivity contribution in [2.45, 2.75) is 20.0 Å². The number of carbonyl (C=O) groups is 2. The lowest BCUT2D eigenvalue weighted by atomic mass is 9.93. The molecule has 0 saturated carbocycles. The van der Waals surface area contributed by atoms with E-state index in [1.807, 2.05) is 0 Å². The minimum atomic E-state index is -4.65. The summed E-state index contributed by atoms with van der Waals surface area (Å²) in [5, 5.41) is 2.46. The second-order valence-electron chi connectivity index (χ2n) is 7.22. The first-order valence-electron chi connectivity index (χ1n) is 8.53. The van der Waals surface area contributed by atoms with Crippen LogP contribution in [0.15, 0.2) is 42.5 Å². The van der Waals surface area contributed by atoms with Gasteiger partial charge in [0.2, 0.25) is 5.91 Å². The number of carbonyl (C=O) groups excluding carboxylic acids is 2. The Labute approximate surface area is 160 Å². The molecule has 8 heteroatoms. The van der Waals surface area contributed by atoms with Crippen LogP contribution in [0.5, 0.6) is 5.75 Å². The number of amides is 2. The molecule has 1 aliphatic rings. The smallest absolute Gasteiger partial charge is 0.417 e. The van der Waals surface area contributed by atoms with Crippen LogP contribution in [0.25, 0.3) is 0 Å². The van der Waals surface area contributed by atoms with E-state index in [4.69, 9.17) is 4.74 Å². The fraction of sp³-hybridized carbons (Fsp3) is 0.300. The van der Waals surface area contributed by atoms with Gasteiger partial charge in [-0.3, -0.25) is 9.59 Å². The van der Waals surface area contributed by atoms with E-state index in [2.05, 4.69) is 5.32 Å². The number of hydrogen-bond donors (Lipinski definition) is 1. The van der Waals surface area contributed by atoms with E-state index in [0.29, 0.717) is 11.4 Å². The molecule has 0 fully saturated rings. The number of rotatable bonds is 2. The first kappa shape index (κ1) is 19.7. The number of halogens is 3. The second-order valence-corrected chi connectivity index (χ2v) is 7.22. The first-order valence-corrected chi connectivity index (χ1v) is 8.53. The zero-order chi connectivity index (χ0) is 20.7. The van der Waals surface area contributed by atoms with E-state index in [0.717, 1.165) is 12.1 Å². The van der Waals surface area contributed by atoms with Crippen molar-refractivity contribution < 1.29 is 27.5 Å². The molecule has 0 atom stereocenters. The maximum absolute atomic E-state index is 13.1. The topological polar surface area (TPSA) is 58.6 Å². The first-order chi connectivity index (χ1) is 13.0. The SMILES string of the molecule is CN1C(=O)C(C)(C)COc2ccc(NC(=O)c3ccccc3C(F)(F)F)cc21. The van der Waals surface area contributed by atoms with Crippen LogP contribution in [-0.4, -0.2) is 25.5 Å². The minimum absolute atomic E-state index is 0.169. The van der Waals surface area contributed by atoms with Gasteiger partial charge in [0.15, 0.2) is 0 Å². The molecule has 5 nitrogen and oxygen atoms in total. The van der Waals surface area contributed by atoms with Gasteiger partial charge < -0.3 is 15.0 Å². The van der Waals surface area contributed by atoms with Gasteiger partial charge >= 0.3 is 6.18 Å². The predicted molar refractivity (Wildman–Crippen MR) is 98.5 cm³/mol. The quantitative estimate of drug-likeness (QED) is 0.827. The molecule has 0 bridgehead atoms. The van der Waals surface area contributed by atoms with Gasteiger partial charge in [-0.15, -0.1) is 0 Å². The van der Waals surface area contributed by atoms with Gasteiger partial charge in [0.25, 0.3) is 5.91 Å². The standard InChI is InChI=1S/C20H19F3N2O3/c1-19(2)11-28-16-9-8-12(10-15(16)25(3)18(19)27)24-17(26)13-6-4-5-7-14(13)20(21,22)23/h4-10H,11H2,1-3H3,(H,24,26). The van der Waals surface area contributed by atoms with Crippen LogP contribution >= 0.6 is 0 Å². The summed E-state index contributed by atoms with van der Waals surface area (Å²) in [5.41, 5.74) is -1.55. The Balaban J connectivity index is 1.91. The Morgan fingerprint density at radius 1 is 1.18 bits per heavy atom. The fourth-order valence-electron chi connectivity index (χ4n) is 2.99. The van der Waals surface area contributed by atoms with E-state index in [-0.39, 0.29) is 18.2 Å². The summed E-state index contributed by atoms with van der Waals surface area (Å²) in [6.45, 7) is 3.71. The molecule has 0 aromatic heterocycles. The lowest BCUT2D eigenvalue weighted by Gasteiger charge is -2.24. The summed E-state index contributed by atoms with van der Waals surface area (Å²) in [6.07, 6.45) is -4.65. The maximum atomic E-state index is 13.1. The van der Waals surface area contributed by atoms with Crippen molar-refractivity contribution in [1.82, 2.24) is 0 Å². The van der Waals surface area contributed by atoms with Gasteiger partial charge in [-0.25, -0.2) is 0 Å². The average Bonchev–Trinajstić information content (AvgIpc) is 2.72. The van der Waals surface area contributed by atoms with Crippen LogP contribution in [0, 0.1) is 5.41 Å². The number of ether oxygens (including phenoxy) is 1. The monoisotopic (exact) mass is 392 g/mol. The highest BCUT2D eigenvalue weighted by Crippen LogP contribution is 2.38. The van der Waals surface area contributed by atoms with E-state index in [9.17, 15) is 22.8 Å². The summed E-state index contributed by atoms with van der Waals surface area (Å²) in [6, 6.07) is 9.15. The molecule has 1 heterocycles. The largest absolute Gasteiger partial charge is 0.490 e. The summed E-state index contributed by atoms with van der Waals surface area (Å²) in [7, 11) is 1.59. The van der Waals surface area contributed by atoms with Crippen molar-refractivity contribution in [3.05, 3.63) is 53.6 Å². The Hall–Kier alpha value is -3.03. The van der Waals surface area contributed by atoms with Crippen LogP contribution in [0.2, 0.25) is 0 Å². The second kappa shape index (κ2) is 6.85. The number of anilines is 2. The molecule has 148 valence electrons. The summed E-state index contributed by atoms with van der Waals surface area (Å²) >= 11 is 0. The Morgan fingerprint density at radius 2 is 1.86 bits per heavy atom. The van der Waals surface area contributed by atoms with Gasteiger partial charge in [-0.1, -0.05) is 12.1 Å². The third kappa shape index (κ3) is 3.67. The van der Waals surface area contributed by atoms with Crippen molar-refractivity contribution in [2.75, 3.05) is 23.9 Å². The van der Waals surface area contributed by atoms with Crippen LogP contribution in [0.1, 0.15) is 29.8 Å². The van der Waals surface area contributed by atoms with E-state index in [1.54, 1.807) is 27.0 Å². The van der Waals surface area contributed by atoms with E-state index < -0.39 is 28.6 Å². The Bertz CT molecular complexity index is 939. The van der Waals surface area contributed by atoms with Crippen molar-refractivity contribution in [2.24, 2.45) is 5.41 Å². The van der Waals surface area contributed by atoms with Gasteiger partial charge in [-0.05, 0) is 44.2 Å². The molecule has 3 rings (SSSR count). The molecule has 0 unspecified atom stereocenters. The third-order valence-electron chi connectivity index (χ3n) is 4.53. The molecule has 2 aromatic carbocycles. The van der Waals surface area contributed by atoms with E-state index in [1.165, 1.54) is 29.2 Å². The molecule has 1 N–H and O–H groups in total. The van der Waals surface area contributed by atoms with Crippen molar-refractivity contribution >= 4 is 23.2 Å². The molecule has 0 radical (unpaired) electrons.